The molecule has 0 fully saturated rings. The predicted molar refractivity (Wildman–Crippen MR) is 73.1 cm³/mol. The summed E-state index contributed by atoms with van der Waals surface area (Å²) in [6, 6.07) is 3.77. The molecule has 0 bridgehead atoms. The Morgan fingerprint density at radius 3 is 2.76 bits per heavy atom. The molecule has 0 saturated carbocycles. The zero-order chi connectivity index (χ0) is 15.7. The first kappa shape index (κ1) is 14.8. The number of nitrogens with zero attached hydrogens (tertiary/aromatic N) is 3. The number of aryl methyl sites for hydroxylation is 2. The van der Waals surface area contributed by atoms with Crippen LogP contribution in [0.15, 0.2) is 18.2 Å². The third kappa shape index (κ3) is 2.79. The highest BCUT2D eigenvalue weighted by Crippen LogP contribution is 2.35. The van der Waals surface area contributed by atoms with Crippen LogP contribution in [0.3, 0.4) is 0 Å². The number of hydrogen-bond donors (Lipinski definition) is 1. The van der Waals surface area contributed by atoms with Crippen LogP contribution >= 0.6 is 11.6 Å². The van der Waals surface area contributed by atoms with Gasteiger partial charge in [-0.2, -0.15) is 5.10 Å². The average Bonchev–Trinajstić information content (AvgIpc) is 2.63. The van der Waals surface area contributed by atoms with Crippen LogP contribution in [0.2, 0.25) is 5.02 Å². The second-order valence-corrected chi connectivity index (χ2v) is 4.60. The number of carbonyl (C=O) groups is 1. The number of hydrogen-bond acceptors (Lipinski definition) is 5. The van der Waals surface area contributed by atoms with E-state index in [0.717, 1.165) is 0 Å². The van der Waals surface area contributed by atoms with Crippen LogP contribution in [0.5, 0.6) is 11.6 Å². The molecule has 0 saturated heterocycles. The Morgan fingerprint density at radius 1 is 1.52 bits per heavy atom. The third-order valence-electron chi connectivity index (χ3n) is 2.71. The van der Waals surface area contributed by atoms with Gasteiger partial charge >= 0.3 is 11.7 Å². The maximum absolute atomic E-state index is 11.2. The van der Waals surface area contributed by atoms with Gasteiger partial charge in [-0.3, -0.25) is 10.1 Å². The van der Waals surface area contributed by atoms with Gasteiger partial charge in [0.1, 0.15) is 5.56 Å². The molecule has 1 aromatic heterocycles. The Hall–Kier alpha value is -2.61. The quantitative estimate of drug-likeness (QED) is 0.687. The molecule has 0 spiro atoms. The highest BCUT2D eigenvalue weighted by atomic mass is 35.5. The summed E-state index contributed by atoms with van der Waals surface area (Å²) in [5.41, 5.74) is -0.244. The lowest BCUT2D eigenvalue weighted by atomic mass is 10.2. The lowest BCUT2D eigenvalue weighted by Gasteiger charge is -2.07. The van der Waals surface area contributed by atoms with Crippen molar-refractivity contribution in [2.75, 3.05) is 0 Å². The van der Waals surface area contributed by atoms with Gasteiger partial charge in [-0.25, -0.2) is 9.48 Å². The lowest BCUT2D eigenvalue weighted by Crippen LogP contribution is -2.03. The van der Waals surface area contributed by atoms with Gasteiger partial charge in [0.2, 0.25) is 11.6 Å². The molecular formula is C12H10ClN3O5. The minimum absolute atomic E-state index is 0.106. The van der Waals surface area contributed by atoms with E-state index in [4.69, 9.17) is 16.3 Å². The van der Waals surface area contributed by atoms with Crippen LogP contribution in [0.1, 0.15) is 16.1 Å². The number of carboxylic acid groups (broad SMARTS) is 1. The molecular weight excluding hydrogens is 302 g/mol. The standard InChI is InChI=1S/C12H10ClN3O5/c1-6-10(12(17)18)11(15(2)14-6)21-9-5-7(13)3-4-8(9)16(19)20/h3-5H,1-2H3,(H,17,18). The van der Waals surface area contributed by atoms with Gasteiger partial charge in [0.15, 0.2) is 0 Å². The van der Waals surface area contributed by atoms with Crippen molar-refractivity contribution in [1.29, 1.82) is 0 Å². The maximum atomic E-state index is 11.2. The largest absolute Gasteiger partial charge is 0.477 e. The summed E-state index contributed by atoms with van der Waals surface area (Å²) in [5.74, 6) is -1.50. The lowest BCUT2D eigenvalue weighted by molar-refractivity contribution is -0.385. The van der Waals surface area contributed by atoms with E-state index in [1.807, 2.05) is 0 Å². The molecule has 1 N–H and O–H groups in total. The number of nitro benzene ring substituents is 1. The molecule has 1 heterocycles. The third-order valence-corrected chi connectivity index (χ3v) is 2.94. The number of aromatic nitrogens is 2. The molecule has 0 unspecified atom stereocenters. The van der Waals surface area contributed by atoms with Gasteiger partial charge in [0, 0.05) is 24.2 Å². The Bertz CT molecular complexity index is 741. The van der Waals surface area contributed by atoms with E-state index in [1.165, 1.54) is 36.9 Å². The topological polar surface area (TPSA) is 107 Å². The van der Waals surface area contributed by atoms with Gasteiger partial charge in [-0.15, -0.1) is 0 Å². The normalized spacial score (nSPS) is 10.4. The monoisotopic (exact) mass is 311 g/mol. The first-order valence-corrected chi connectivity index (χ1v) is 6.07. The zero-order valence-electron chi connectivity index (χ0n) is 11.0. The molecule has 21 heavy (non-hydrogen) atoms. The van der Waals surface area contributed by atoms with E-state index < -0.39 is 10.9 Å². The van der Waals surface area contributed by atoms with Crippen LogP contribution in [0.25, 0.3) is 0 Å². The molecule has 110 valence electrons. The molecule has 2 rings (SSSR count). The molecule has 2 aromatic rings. The smallest absolute Gasteiger partial charge is 0.343 e. The summed E-state index contributed by atoms with van der Waals surface area (Å²) in [6.45, 7) is 1.50. The van der Waals surface area contributed by atoms with Gasteiger partial charge in [0.25, 0.3) is 0 Å². The van der Waals surface area contributed by atoms with Gasteiger partial charge in [-0.05, 0) is 13.0 Å². The van der Waals surface area contributed by atoms with Crippen LogP contribution in [-0.4, -0.2) is 25.8 Å². The van der Waals surface area contributed by atoms with Crippen LogP contribution in [-0.2, 0) is 7.05 Å². The average molecular weight is 312 g/mol. The summed E-state index contributed by atoms with van der Waals surface area (Å²) < 4.78 is 6.59. The van der Waals surface area contributed by atoms with Crippen molar-refractivity contribution in [2.24, 2.45) is 7.05 Å². The zero-order valence-corrected chi connectivity index (χ0v) is 11.8. The van der Waals surface area contributed by atoms with Crippen molar-refractivity contribution in [3.63, 3.8) is 0 Å². The molecule has 0 atom stereocenters. The first-order valence-electron chi connectivity index (χ1n) is 5.70. The summed E-state index contributed by atoms with van der Waals surface area (Å²) >= 11 is 5.79. The van der Waals surface area contributed by atoms with Crippen LogP contribution in [0.4, 0.5) is 5.69 Å². The Labute approximate surface area is 123 Å². The first-order chi connectivity index (χ1) is 9.81. The molecule has 9 heteroatoms. The summed E-state index contributed by atoms with van der Waals surface area (Å²) in [5, 5.41) is 24.3. The van der Waals surface area contributed by atoms with Gasteiger partial charge in [0.05, 0.1) is 10.6 Å². The fourth-order valence-corrected chi connectivity index (χ4v) is 1.99. The van der Waals surface area contributed by atoms with E-state index >= 15 is 0 Å². The maximum Gasteiger partial charge on any atom is 0.343 e. The summed E-state index contributed by atoms with van der Waals surface area (Å²) in [4.78, 5) is 21.6. The van der Waals surface area contributed by atoms with E-state index in [0.29, 0.717) is 0 Å². The molecule has 0 amide bonds. The Morgan fingerprint density at radius 2 is 2.19 bits per heavy atom. The number of nitro groups is 1. The van der Waals surface area contributed by atoms with E-state index in [1.54, 1.807) is 0 Å². The van der Waals surface area contributed by atoms with Crippen molar-refractivity contribution >= 4 is 23.3 Å². The van der Waals surface area contributed by atoms with Gasteiger partial charge < -0.3 is 9.84 Å². The minimum Gasteiger partial charge on any atom is -0.477 e. The fraction of sp³-hybridized carbons (Fsp3) is 0.167. The number of rotatable bonds is 4. The SMILES string of the molecule is Cc1nn(C)c(Oc2cc(Cl)ccc2[N+](=O)[O-])c1C(=O)O. The molecule has 8 nitrogen and oxygen atoms in total. The highest BCUT2D eigenvalue weighted by Gasteiger charge is 2.25. The van der Waals surface area contributed by atoms with Crippen LogP contribution in [0, 0.1) is 17.0 Å². The second-order valence-electron chi connectivity index (χ2n) is 4.17. The van der Waals surface area contributed by atoms with E-state index in [9.17, 15) is 20.0 Å². The van der Waals surface area contributed by atoms with Gasteiger partial charge in [-0.1, -0.05) is 11.6 Å². The minimum atomic E-state index is -1.24. The Kier molecular flexibility index (Phi) is 3.81. The van der Waals surface area contributed by atoms with Crippen LogP contribution < -0.4 is 4.74 Å². The highest BCUT2D eigenvalue weighted by molar-refractivity contribution is 6.30. The summed E-state index contributed by atoms with van der Waals surface area (Å²) in [7, 11) is 1.48. The number of benzene rings is 1. The van der Waals surface area contributed by atoms with Crippen molar-refractivity contribution in [2.45, 2.75) is 6.92 Å². The number of carboxylic acids is 1. The van der Waals surface area contributed by atoms with Crippen molar-refractivity contribution < 1.29 is 19.6 Å². The second kappa shape index (κ2) is 5.41. The van der Waals surface area contributed by atoms with E-state index in [-0.39, 0.29) is 33.6 Å². The van der Waals surface area contributed by atoms with Crippen molar-refractivity contribution in [3.05, 3.63) is 44.6 Å². The summed E-state index contributed by atoms with van der Waals surface area (Å²) in [6.07, 6.45) is 0. The number of aromatic carboxylic acids is 1. The number of halogens is 1. The molecule has 0 aliphatic carbocycles. The van der Waals surface area contributed by atoms with E-state index in [2.05, 4.69) is 5.10 Å². The van der Waals surface area contributed by atoms with Crippen molar-refractivity contribution in [3.8, 4) is 11.6 Å². The number of ether oxygens (including phenoxy) is 1. The molecule has 1 aromatic carbocycles. The van der Waals surface area contributed by atoms with Crippen molar-refractivity contribution in [1.82, 2.24) is 9.78 Å². The molecule has 0 radical (unpaired) electrons. The fourth-order valence-electron chi connectivity index (χ4n) is 1.82. The molecule has 0 aliphatic heterocycles. The molecule has 0 aliphatic rings. The predicted octanol–water partition coefficient (Wildman–Crippen LogP) is 2.78. The Balaban J connectivity index is 2.55.